The van der Waals surface area contributed by atoms with E-state index in [0.717, 1.165) is 13.1 Å². The largest absolute Gasteiger partial charge is 0.313 e. The van der Waals surface area contributed by atoms with E-state index in [1.165, 1.54) is 15.8 Å². The fraction of sp³-hybridized carbons (Fsp3) is 0.692. The average molecular weight is 319 g/mol. The van der Waals surface area contributed by atoms with Gasteiger partial charge in [0.15, 0.2) is 0 Å². The van der Waals surface area contributed by atoms with Crippen LogP contribution in [0.5, 0.6) is 0 Å². The van der Waals surface area contributed by atoms with E-state index in [1.807, 2.05) is 11.3 Å². The molecule has 1 rings (SSSR count). The first-order valence-corrected chi connectivity index (χ1v) is 7.86. The minimum Gasteiger partial charge on any atom is -0.313 e. The first-order chi connectivity index (χ1) is 8.02. The molecule has 1 aromatic heterocycles. The molecule has 1 N–H and O–H groups in total. The molecule has 2 unspecified atom stereocenters. The second-order valence-electron chi connectivity index (χ2n) is 4.71. The molecule has 0 saturated carbocycles. The molecule has 0 aromatic carbocycles. The highest BCUT2D eigenvalue weighted by molar-refractivity contribution is 9.10. The smallest absolute Gasteiger partial charge is 0.0328 e. The first-order valence-electron chi connectivity index (χ1n) is 6.19. The van der Waals surface area contributed by atoms with E-state index < -0.39 is 0 Å². The molecule has 0 bridgehead atoms. The maximum absolute atomic E-state index is 3.56. The third kappa shape index (κ3) is 5.51. The molecule has 0 aliphatic carbocycles. The van der Waals surface area contributed by atoms with Gasteiger partial charge in [0.25, 0.3) is 0 Å². The molecule has 0 aliphatic heterocycles. The number of likely N-dealkylation sites (N-methyl/N-ethyl adjacent to an activating group) is 1. The number of nitrogens with one attached hydrogen (secondary N) is 1. The van der Waals surface area contributed by atoms with Crippen LogP contribution in [-0.2, 0) is 6.54 Å². The molecule has 0 saturated heterocycles. The van der Waals surface area contributed by atoms with Gasteiger partial charge in [0.2, 0.25) is 0 Å². The van der Waals surface area contributed by atoms with E-state index in [4.69, 9.17) is 0 Å². The predicted molar refractivity (Wildman–Crippen MR) is 80.7 cm³/mol. The van der Waals surface area contributed by atoms with Crippen molar-refractivity contribution in [2.45, 2.75) is 45.8 Å². The number of rotatable bonds is 7. The molecule has 0 spiro atoms. The summed E-state index contributed by atoms with van der Waals surface area (Å²) in [5.74, 6) is 0. The van der Waals surface area contributed by atoms with Crippen LogP contribution >= 0.6 is 27.3 Å². The van der Waals surface area contributed by atoms with Crippen LogP contribution in [0.15, 0.2) is 15.9 Å². The summed E-state index contributed by atoms with van der Waals surface area (Å²) in [4.78, 5) is 3.81. The molecule has 0 aliphatic rings. The summed E-state index contributed by atoms with van der Waals surface area (Å²) < 4.78 is 1.19. The van der Waals surface area contributed by atoms with Crippen molar-refractivity contribution in [2.24, 2.45) is 0 Å². The number of hydrogen-bond donors (Lipinski definition) is 1. The van der Waals surface area contributed by atoms with E-state index in [9.17, 15) is 0 Å². The van der Waals surface area contributed by atoms with Crippen molar-refractivity contribution < 1.29 is 0 Å². The Labute approximate surface area is 118 Å². The number of halogens is 1. The van der Waals surface area contributed by atoms with Gasteiger partial charge >= 0.3 is 0 Å². The third-order valence-corrected chi connectivity index (χ3v) is 4.84. The third-order valence-electron chi connectivity index (χ3n) is 3.15. The van der Waals surface area contributed by atoms with Crippen molar-refractivity contribution in [3.05, 3.63) is 20.8 Å². The summed E-state index contributed by atoms with van der Waals surface area (Å²) in [6.07, 6.45) is 1.19. The molecule has 2 atom stereocenters. The summed E-state index contributed by atoms with van der Waals surface area (Å²) in [5.41, 5.74) is 0. The Bertz CT molecular complexity index is 327. The monoisotopic (exact) mass is 318 g/mol. The summed E-state index contributed by atoms with van der Waals surface area (Å²) >= 11 is 5.31. The zero-order valence-electron chi connectivity index (χ0n) is 11.2. The highest BCUT2D eigenvalue weighted by Crippen LogP contribution is 2.21. The van der Waals surface area contributed by atoms with Crippen LogP contribution in [0.2, 0.25) is 0 Å². The standard InChI is InChI=1S/C13H23BrN2S/c1-5-10(2)15-7-11(3)16(4)8-13-6-12(14)9-17-13/h6,9-11,15H,5,7-8H2,1-4H3. The SMILES string of the molecule is CCC(C)NCC(C)N(C)Cc1cc(Br)cs1. The van der Waals surface area contributed by atoms with E-state index in [-0.39, 0.29) is 0 Å². The van der Waals surface area contributed by atoms with Crippen LogP contribution in [0.3, 0.4) is 0 Å². The maximum Gasteiger partial charge on any atom is 0.0328 e. The highest BCUT2D eigenvalue weighted by Gasteiger charge is 2.11. The lowest BCUT2D eigenvalue weighted by Crippen LogP contribution is -2.40. The quantitative estimate of drug-likeness (QED) is 0.824. The molecule has 17 heavy (non-hydrogen) atoms. The van der Waals surface area contributed by atoms with Gasteiger partial charge in [-0.3, -0.25) is 4.90 Å². The van der Waals surface area contributed by atoms with E-state index in [2.05, 4.69) is 65.4 Å². The highest BCUT2D eigenvalue weighted by atomic mass is 79.9. The van der Waals surface area contributed by atoms with Crippen molar-refractivity contribution in [1.29, 1.82) is 0 Å². The van der Waals surface area contributed by atoms with Gasteiger partial charge in [-0.1, -0.05) is 6.92 Å². The first kappa shape index (κ1) is 15.2. The second-order valence-corrected chi connectivity index (χ2v) is 6.62. The van der Waals surface area contributed by atoms with Crippen LogP contribution in [-0.4, -0.2) is 30.6 Å². The van der Waals surface area contributed by atoms with Crippen molar-refractivity contribution >= 4 is 27.3 Å². The zero-order valence-corrected chi connectivity index (χ0v) is 13.6. The van der Waals surface area contributed by atoms with Gasteiger partial charge in [-0.25, -0.2) is 0 Å². The average Bonchev–Trinajstić information content (AvgIpc) is 2.70. The van der Waals surface area contributed by atoms with E-state index in [0.29, 0.717) is 12.1 Å². The Morgan fingerprint density at radius 3 is 2.71 bits per heavy atom. The van der Waals surface area contributed by atoms with Crippen LogP contribution in [0.4, 0.5) is 0 Å². The zero-order chi connectivity index (χ0) is 12.8. The van der Waals surface area contributed by atoms with Gasteiger partial charge in [-0.15, -0.1) is 11.3 Å². The van der Waals surface area contributed by atoms with E-state index in [1.54, 1.807) is 0 Å². The second kappa shape index (κ2) is 7.52. The van der Waals surface area contributed by atoms with Crippen molar-refractivity contribution in [2.75, 3.05) is 13.6 Å². The number of hydrogen-bond acceptors (Lipinski definition) is 3. The van der Waals surface area contributed by atoms with Crippen LogP contribution in [0.25, 0.3) is 0 Å². The lowest BCUT2D eigenvalue weighted by atomic mass is 10.2. The van der Waals surface area contributed by atoms with Crippen LogP contribution in [0, 0.1) is 0 Å². The lowest BCUT2D eigenvalue weighted by molar-refractivity contribution is 0.239. The topological polar surface area (TPSA) is 15.3 Å². The van der Waals surface area contributed by atoms with Gasteiger partial charge in [-0.05, 0) is 49.3 Å². The maximum atomic E-state index is 3.56. The van der Waals surface area contributed by atoms with Gasteiger partial charge < -0.3 is 5.32 Å². The molecule has 0 amide bonds. The molecular weight excluding hydrogens is 296 g/mol. The fourth-order valence-corrected chi connectivity index (χ4v) is 3.02. The molecule has 0 fully saturated rings. The summed E-state index contributed by atoms with van der Waals surface area (Å²) in [5, 5.41) is 5.70. The predicted octanol–water partition coefficient (Wildman–Crippen LogP) is 3.72. The van der Waals surface area contributed by atoms with Crippen molar-refractivity contribution in [3.63, 3.8) is 0 Å². The molecule has 1 heterocycles. The Hall–Kier alpha value is 0.1000. The van der Waals surface area contributed by atoms with Crippen LogP contribution < -0.4 is 5.32 Å². The Kier molecular flexibility index (Phi) is 6.70. The molecule has 2 nitrogen and oxygen atoms in total. The lowest BCUT2D eigenvalue weighted by Gasteiger charge is -2.25. The van der Waals surface area contributed by atoms with Gasteiger partial charge in [-0.2, -0.15) is 0 Å². The Balaban J connectivity index is 2.33. The van der Waals surface area contributed by atoms with Gasteiger partial charge in [0, 0.05) is 39.9 Å². The molecule has 4 heteroatoms. The number of nitrogens with zero attached hydrogens (tertiary/aromatic N) is 1. The molecular formula is C13H23BrN2S. The Morgan fingerprint density at radius 2 is 2.18 bits per heavy atom. The van der Waals surface area contributed by atoms with Gasteiger partial charge in [0.05, 0.1) is 0 Å². The summed E-state index contributed by atoms with van der Waals surface area (Å²) in [6, 6.07) is 3.38. The fourth-order valence-electron chi connectivity index (χ4n) is 1.51. The number of thiophene rings is 1. The summed E-state index contributed by atoms with van der Waals surface area (Å²) in [7, 11) is 2.19. The summed E-state index contributed by atoms with van der Waals surface area (Å²) in [6.45, 7) is 8.81. The normalized spacial score (nSPS) is 15.2. The van der Waals surface area contributed by atoms with E-state index >= 15 is 0 Å². The Morgan fingerprint density at radius 1 is 1.47 bits per heavy atom. The van der Waals surface area contributed by atoms with Gasteiger partial charge in [0.1, 0.15) is 0 Å². The molecule has 0 radical (unpaired) electrons. The molecule has 1 aromatic rings. The van der Waals surface area contributed by atoms with Crippen LogP contribution in [0.1, 0.15) is 32.1 Å². The molecule has 98 valence electrons. The van der Waals surface area contributed by atoms with Crippen molar-refractivity contribution in [3.8, 4) is 0 Å². The minimum atomic E-state index is 0.560. The van der Waals surface area contributed by atoms with Crippen molar-refractivity contribution in [1.82, 2.24) is 10.2 Å². The minimum absolute atomic E-state index is 0.560.